The number of methoxy groups -OCH3 is 1. The fourth-order valence-electron chi connectivity index (χ4n) is 2.03. The van der Waals surface area contributed by atoms with Gasteiger partial charge in [0.25, 0.3) is 0 Å². The van der Waals surface area contributed by atoms with Crippen LogP contribution < -0.4 is 4.74 Å². The van der Waals surface area contributed by atoms with Crippen molar-refractivity contribution in [3.8, 4) is 11.5 Å². The number of hydrogen-bond acceptors (Lipinski definition) is 3. The molecule has 0 fully saturated rings. The van der Waals surface area contributed by atoms with Crippen LogP contribution in [-0.2, 0) is 0 Å². The molecule has 108 valence electrons. The first-order valence-corrected chi connectivity index (χ1v) is 6.68. The lowest BCUT2D eigenvalue weighted by Gasteiger charge is -2.05. The van der Waals surface area contributed by atoms with E-state index in [0.29, 0.717) is 11.3 Å². The second-order valence-corrected chi connectivity index (χ2v) is 4.94. The largest absolute Gasteiger partial charge is 0.504 e. The van der Waals surface area contributed by atoms with Crippen LogP contribution in [0.1, 0.15) is 27.0 Å². The molecule has 0 spiro atoms. The molecule has 21 heavy (non-hydrogen) atoms. The molecule has 0 aliphatic carbocycles. The van der Waals surface area contributed by atoms with Crippen LogP contribution in [0.4, 0.5) is 0 Å². The molecule has 0 atom stereocenters. The number of carbonyl (C=O) groups is 1. The first-order valence-electron chi connectivity index (χ1n) is 6.68. The highest BCUT2D eigenvalue weighted by Gasteiger charge is 2.07. The second-order valence-electron chi connectivity index (χ2n) is 4.94. The number of aromatic hydroxyl groups is 1. The van der Waals surface area contributed by atoms with E-state index in [4.69, 9.17) is 4.74 Å². The number of hydrogen-bond donors (Lipinski definition) is 1. The quantitative estimate of drug-likeness (QED) is 0.683. The molecule has 2 rings (SSSR count). The molecule has 3 nitrogen and oxygen atoms in total. The van der Waals surface area contributed by atoms with Crippen LogP contribution >= 0.6 is 0 Å². The van der Waals surface area contributed by atoms with E-state index in [1.54, 1.807) is 6.07 Å². The van der Waals surface area contributed by atoms with Crippen molar-refractivity contribution >= 4 is 11.9 Å². The number of benzene rings is 2. The van der Waals surface area contributed by atoms with Gasteiger partial charge in [-0.25, -0.2) is 0 Å². The Morgan fingerprint density at radius 2 is 1.90 bits per heavy atom. The molecular weight excluding hydrogens is 264 g/mol. The molecule has 2 aromatic carbocycles. The molecule has 0 unspecified atom stereocenters. The van der Waals surface area contributed by atoms with Crippen LogP contribution in [0.5, 0.6) is 11.5 Å². The Morgan fingerprint density at radius 3 is 2.62 bits per heavy atom. The highest BCUT2D eigenvalue weighted by atomic mass is 16.5. The Labute approximate surface area is 124 Å². The summed E-state index contributed by atoms with van der Waals surface area (Å²) in [4.78, 5) is 12.2. The number of aryl methyl sites for hydroxylation is 2. The third-order valence-electron chi connectivity index (χ3n) is 3.31. The summed E-state index contributed by atoms with van der Waals surface area (Å²) in [5, 5.41) is 9.54. The molecular formula is C18H18O3. The number of ether oxygens (including phenoxy) is 1. The lowest BCUT2D eigenvalue weighted by molar-refractivity contribution is 0.104. The molecule has 0 amide bonds. The summed E-state index contributed by atoms with van der Waals surface area (Å²) in [6, 6.07) is 10.7. The molecule has 2 aromatic rings. The molecule has 0 aliphatic rings. The predicted octanol–water partition coefficient (Wildman–Crippen LogP) is 3.91. The van der Waals surface area contributed by atoms with Crippen molar-refractivity contribution in [1.29, 1.82) is 0 Å². The third-order valence-corrected chi connectivity index (χ3v) is 3.31. The van der Waals surface area contributed by atoms with Crippen molar-refractivity contribution in [2.24, 2.45) is 0 Å². The van der Waals surface area contributed by atoms with Crippen molar-refractivity contribution < 1.29 is 14.6 Å². The van der Waals surface area contributed by atoms with E-state index in [2.05, 4.69) is 0 Å². The van der Waals surface area contributed by atoms with Crippen LogP contribution in [0, 0.1) is 13.8 Å². The van der Waals surface area contributed by atoms with Gasteiger partial charge in [0.15, 0.2) is 17.3 Å². The first-order chi connectivity index (χ1) is 10.0. The monoisotopic (exact) mass is 282 g/mol. The SMILES string of the molecule is COc1cc(C(=O)C=Cc2cc(C)ccc2C)ccc1O. The van der Waals surface area contributed by atoms with Gasteiger partial charge in [0.2, 0.25) is 0 Å². The number of allylic oxidation sites excluding steroid dienone is 1. The molecule has 0 aromatic heterocycles. The average Bonchev–Trinajstić information content (AvgIpc) is 2.48. The maximum Gasteiger partial charge on any atom is 0.185 e. The summed E-state index contributed by atoms with van der Waals surface area (Å²) in [7, 11) is 1.45. The summed E-state index contributed by atoms with van der Waals surface area (Å²) in [5.41, 5.74) is 3.77. The highest BCUT2D eigenvalue weighted by Crippen LogP contribution is 2.26. The van der Waals surface area contributed by atoms with Crippen LogP contribution in [0.15, 0.2) is 42.5 Å². The first kappa shape index (κ1) is 14.9. The van der Waals surface area contributed by atoms with Gasteiger partial charge in [-0.3, -0.25) is 4.79 Å². The van der Waals surface area contributed by atoms with Gasteiger partial charge >= 0.3 is 0 Å². The smallest absolute Gasteiger partial charge is 0.185 e. The summed E-state index contributed by atoms with van der Waals surface area (Å²) in [6.45, 7) is 4.02. The van der Waals surface area contributed by atoms with Gasteiger partial charge in [-0.1, -0.05) is 29.8 Å². The Morgan fingerprint density at radius 1 is 1.14 bits per heavy atom. The van der Waals surface area contributed by atoms with E-state index in [9.17, 15) is 9.90 Å². The standard InChI is InChI=1S/C18H18O3/c1-12-4-5-13(2)14(10-12)6-8-16(19)15-7-9-17(20)18(11-15)21-3/h4-11,20H,1-3H3. The number of ketones is 1. The van der Waals surface area contributed by atoms with E-state index < -0.39 is 0 Å². The zero-order valence-electron chi connectivity index (χ0n) is 12.4. The number of phenols is 1. The van der Waals surface area contributed by atoms with Crippen LogP contribution in [0.2, 0.25) is 0 Å². The van der Waals surface area contributed by atoms with E-state index in [1.165, 1.54) is 25.3 Å². The van der Waals surface area contributed by atoms with Gasteiger partial charge in [0.05, 0.1) is 7.11 Å². The Balaban J connectivity index is 2.25. The van der Waals surface area contributed by atoms with Crippen LogP contribution in [0.3, 0.4) is 0 Å². The summed E-state index contributed by atoms with van der Waals surface area (Å²) in [6.07, 6.45) is 3.34. The van der Waals surface area contributed by atoms with Crippen molar-refractivity contribution in [3.63, 3.8) is 0 Å². The number of phenolic OH excluding ortho intramolecular Hbond substituents is 1. The Hall–Kier alpha value is -2.55. The fraction of sp³-hybridized carbons (Fsp3) is 0.167. The summed E-state index contributed by atoms with van der Waals surface area (Å²) in [5.74, 6) is 0.183. The summed E-state index contributed by atoms with van der Waals surface area (Å²) >= 11 is 0. The van der Waals surface area contributed by atoms with E-state index in [-0.39, 0.29) is 11.5 Å². The number of rotatable bonds is 4. The van der Waals surface area contributed by atoms with Gasteiger partial charge in [0, 0.05) is 5.56 Å². The van der Waals surface area contributed by atoms with Gasteiger partial charge in [-0.15, -0.1) is 0 Å². The van der Waals surface area contributed by atoms with Crippen LogP contribution in [0.25, 0.3) is 6.08 Å². The molecule has 3 heteroatoms. The lowest BCUT2D eigenvalue weighted by Crippen LogP contribution is -1.95. The maximum absolute atomic E-state index is 12.2. The lowest BCUT2D eigenvalue weighted by atomic mass is 10.0. The third kappa shape index (κ3) is 3.51. The normalized spacial score (nSPS) is 10.8. The zero-order valence-corrected chi connectivity index (χ0v) is 12.4. The highest BCUT2D eigenvalue weighted by molar-refractivity contribution is 6.07. The Kier molecular flexibility index (Phi) is 4.43. The molecule has 0 aliphatic heterocycles. The second kappa shape index (κ2) is 6.27. The molecule has 0 bridgehead atoms. The topological polar surface area (TPSA) is 46.5 Å². The van der Waals surface area contributed by atoms with Gasteiger partial charge in [-0.2, -0.15) is 0 Å². The van der Waals surface area contributed by atoms with E-state index in [0.717, 1.165) is 16.7 Å². The summed E-state index contributed by atoms with van der Waals surface area (Å²) < 4.78 is 5.01. The average molecular weight is 282 g/mol. The molecule has 1 N–H and O–H groups in total. The van der Waals surface area contributed by atoms with Gasteiger partial charge in [-0.05, 0) is 49.2 Å². The van der Waals surface area contributed by atoms with Crippen molar-refractivity contribution in [2.45, 2.75) is 13.8 Å². The van der Waals surface area contributed by atoms with Crippen LogP contribution in [-0.4, -0.2) is 18.0 Å². The minimum Gasteiger partial charge on any atom is -0.504 e. The van der Waals surface area contributed by atoms with Crippen molar-refractivity contribution in [2.75, 3.05) is 7.11 Å². The van der Waals surface area contributed by atoms with Crippen molar-refractivity contribution in [3.05, 3.63) is 64.7 Å². The molecule has 0 heterocycles. The molecule has 0 saturated carbocycles. The molecule has 0 saturated heterocycles. The van der Waals surface area contributed by atoms with E-state index in [1.807, 2.05) is 38.1 Å². The predicted molar refractivity (Wildman–Crippen MR) is 83.9 cm³/mol. The zero-order chi connectivity index (χ0) is 15.4. The fourth-order valence-corrected chi connectivity index (χ4v) is 2.03. The van der Waals surface area contributed by atoms with Crippen molar-refractivity contribution in [1.82, 2.24) is 0 Å². The van der Waals surface area contributed by atoms with E-state index >= 15 is 0 Å². The van der Waals surface area contributed by atoms with Gasteiger partial charge in [0.1, 0.15) is 0 Å². The minimum absolute atomic E-state index is 0.0209. The maximum atomic E-state index is 12.2. The molecule has 0 radical (unpaired) electrons. The van der Waals surface area contributed by atoms with Gasteiger partial charge < -0.3 is 9.84 Å². The number of carbonyl (C=O) groups excluding carboxylic acids is 1. The minimum atomic E-state index is -0.130. The Bertz CT molecular complexity index is 700.